The largest absolute Gasteiger partial charge is 0.480 e. The highest BCUT2D eigenvalue weighted by atomic mass is 16.5. The Balaban J connectivity index is 1.64. The van der Waals surface area contributed by atoms with Crippen molar-refractivity contribution < 1.29 is 24.0 Å². The van der Waals surface area contributed by atoms with Crippen LogP contribution in [0.25, 0.3) is 11.4 Å². The second-order valence-corrected chi connectivity index (χ2v) is 8.06. The molecule has 3 rings (SSSR count). The highest BCUT2D eigenvalue weighted by Crippen LogP contribution is 2.21. The predicted octanol–water partition coefficient (Wildman–Crippen LogP) is 3.92. The van der Waals surface area contributed by atoms with Crippen LogP contribution >= 0.6 is 0 Å². The monoisotopic (exact) mass is 451 g/mol. The summed E-state index contributed by atoms with van der Waals surface area (Å²) in [6.45, 7) is 6.74. The van der Waals surface area contributed by atoms with Gasteiger partial charge in [0.05, 0.1) is 0 Å². The van der Waals surface area contributed by atoms with Gasteiger partial charge in [0, 0.05) is 16.9 Å². The lowest BCUT2D eigenvalue weighted by atomic mass is 9.88. The number of carboxylic acids is 1. The third kappa shape index (κ3) is 5.53. The van der Waals surface area contributed by atoms with Crippen LogP contribution in [0.4, 0.5) is 16.2 Å². The average Bonchev–Trinajstić information content (AvgIpc) is 3.26. The molecule has 0 radical (unpaired) electrons. The topological polar surface area (TPSA) is 146 Å². The fourth-order valence-corrected chi connectivity index (χ4v) is 2.80. The van der Waals surface area contributed by atoms with E-state index < -0.39 is 23.4 Å². The average molecular weight is 451 g/mol. The number of amides is 3. The Morgan fingerprint density at radius 2 is 1.52 bits per heavy atom. The molecule has 10 nitrogen and oxygen atoms in total. The molecule has 1 atom stereocenters. The Labute approximate surface area is 190 Å². The van der Waals surface area contributed by atoms with Gasteiger partial charge in [-0.1, -0.05) is 36.7 Å². The van der Waals surface area contributed by atoms with Gasteiger partial charge < -0.3 is 25.6 Å². The van der Waals surface area contributed by atoms with Gasteiger partial charge in [-0.2, -0.15) is 4.98 Å². The zero-order chi connectivity index (χ0) is 24.2. The van der Waals surface area contributed by atoms with Gasteiger partial charge in [0.25, 0.3) is 0 Å². The number of aryl methyl sites for hydroxylation is 1. The van der Waals surface area contributed by atoms with Crippen molar-refractivity contribution in [1.82, 2.24) is 15.5 Å². The molecule has 1 aromatic heterocycles. The molecule has 172 valence electrons. The number of carboxylic acid groups (broad SMARTS) is 1. The summed E-state index contributed by atoms with van der Waals surface area (Å²) in [4.78, 5) is 40.2. The van der Waals surface area contributed by atoms with Gasteiger partial charge in [-0.05, 0) is 56.2 Å². The number of nitrogens with one attached hydrogen (secondary N) is 3. The third-order valence-corrected chi connectivity index (χ3v) is 5.30. The van der Waals surface area contributed by atoms with Crippen molar-refractivity contribution in [2.75, 3.05) is 10.6 Å². The maximum Gasteiger partial charge on any atom is 0.329 e. The molecule has 10 heteroatoms. The maximum absolute atomic E-state index is 12.4. The fraction of sp³-hybridized carbons (Fsp3) is 0.261. The molecule has 0 aliphatic carbocycles. The van der Waals surface area contributed by atoms with Gasteiger partial charge in [-0.3, -0.25) is 4.79 Å². The number of hydrogen-bond acceptors (Lipinski definition) is 6. The van der Waals surface area contributed by atoms with Crippen molar-refractivity contribution in [1.29, 1.82) is 0 Å². The minimum atomic E-state index is -1.49. The summed E-state index contributed by atoms with van der Waals surface area (Å²) in [7, 11) is 0. The number of nitrogens with zero attached hydrogens (tertiary/aromatic N) is 2. The Bertz CT molecular complexity index is 1150. The van der Waals surface area contributed by atoms with Crippen LogP contribution in [-0.2, 0) is 4.79 Å². The second kappa shape index (κ2) is 9.51. The molecule has 0 saturated carbocycles. The number of carbonyl (C=O) groups is 3. The lowest BCUT2D eigenvalue weighted by Gasteiger charge is -2.29. The summed E-state index contributed by atoms with van der Waals surface area (Å²) in [5.74, 6) is -2.52. The van der Waals surface area contributed by atoms with E-state index in [1.807, 2.05) is 31.2 Å². The standard InChI is InChI=1S/C23H25N5O5/c1-13(2)23(4,21(30)31)27-19(29)20-26-18(28-33-20)15-7-11-17(12-8-15)25-22(32)24-16-9-5-14(3)6-10-16/h5-13H,1-4H3,(H,27,29)(H,30,31)(H2,24,25,32)/t23-/m0/s1. The molecule has 0 unspecified atom stereocenters. The molecule has 33 heavy (non-hydrogen) atoms. The first-order valence-corrected chi connectivity index (χ1v) is 10.2. The van der Waals surface area contributed by atoms with Crippen molar-refractivity contribution in [3.05, 3.63) is 60.0 Å². The molecule has 0 bridgehead atoms. The Hall–Kier alpha value is -4.21. The maximum atomic E-state index is 12.4. The quantitative estimate of drug-likeness (QED) is 0.426. The third-order valence-electron chi connectivity index (χ3n) is 5.30. The van der Waals surface area contributed by atoms with Crippen LogP contribution in [-0.4, -0.2) is 38.7 Å². The van der Waals surface area contributed by atoms with Gasteiger partial charge >= 0.3 is 23.8 Å². The molecule has 0 aliphatic heterocycles. The summed E-state index contributed by atoms with van der Waals surface area (Å²) < 4.78 is 5.01. The van der Waals surface area contributed by atoms with Gasteiger partial charge in [-0.15, -0.1) is 0 Å². The molecule has 3 aromatic rings. The van der Waals surface area contributed by atoms with Crippen LogP contribution in [0.3, 0.4) is 0 Å². The lowest BCUT2D eigenvalue weighted by Crippen LogP contribution is -2.55. The molecule has 2 aromatic carbocycles. The second-order valence-electron chi connectivity index (χ2n) is 8.06. The van der Waals surface area contributed by atoms with Crippen LogP contribution in [0.1, 0.15) is 37.0 Å². The van der Waals surface area contributed by atoms with Gasteiger partial charge in [0.15, 0.2) is 0 Å². The first-order valence-electron chi connectivity index (χ1n) is 10.2. The van der Waals surface area contributed by atoms with E-state index >= 15 is 0 Å². The summed E-state index contributed by atoms with van der Waals surface area (Å²) in [5, 5.41) is 21.1. The van der Waals surface area contributed by atoms with E-state index in [0.29, 0.717) is 16.9 Å². The highest BCUT2D eigenvalue weighted by molar-refractivity contribution is 6.00. The smallest absolute Gasteiger partial charge is 0.329 e. The number of benzene rings is 2. The number of rotatable bonds is 7. The first kappa shape index (κ1) is 23.5. The van der Waals surface area contributed by atoms with Crippen molar-refractivity contribution in [2.45, 2.75) is 33.2 Å². The number of carbonyl (C=O) groups excluding carboxylic acids is 2. The summed E-state index contributed by atoms with van der Waals surface area (Å²) in [6.07, 6.45) is 0. The Kier molecular flexibility index (Phi) is 6.76. The number of anilines is 2. The van der Waals surface area contributed by atoms with E-state index in [9.17, 15) is 19.5 Å². The van der Waals surface area contributed by atoms with E-state index in [4.69, 9.17) is 4.52 Å². The molecule has 0 fully saturated rings. The SMILES string of the molecule is Cc1ccc(NC(=O)Nc2ccc(-c3noc(C(=O)N[C@](C)(C(=O)O)C(C)C)n3)cc2)cc1. The minimum Gasteiger partial charge on any atom is -0.480 e. The number of aliphatic carboxylic acids is 1. The van der Waals surface area contributed by atoms with Crippen LogP contribution in [0.5, 0.6) is 0 Å². The lowest BCUT2D eigenvalue weighted by molar-refractivity contribution is -0.145. The van der Waals surface area contributed by atoms with Crippen molar-refractivity contribution in [3.63, 3.8) is 0 Å². The van der Waals surface area contributed by atoms with E-state index in [1.54, 1.807) is 38.1 Å². The van der Waals surface area contributed by atoms with Gasteiger partial charge in [0.1, 0.15) is 5.54 Å². The molecule has 0 spiro atoms. The zero-order valence-corrected chi connectivity index (χ0v) is 18.7. The van der Waals surface area contributed by atoms with Crippen molar-refractivity contribution in [3.8, 4) is 11.4 Å². The zero-order valence-electron chi connectivity index (χ0n) is 18.7. The van der Waals surface area contributed by atoms with Crippen LogP contribution in [0, 0.1) is 12.8 Å². The molecule has 4 N–H and O–H groups in total. The summed E-state index contributed by atoms with van der Waals surface area (Å²) in [6, 6.07) is 13.6. The van der Waals surface area contributed by atoms with Gasteiger partial charge in [0.2, 0.25) is 5.82 Å². The minimum absolute atomic E-state index is 0.150. The number of aromatic nitrogens is 2. The van der Waals surface area contributed by atoms with Crippen LogP contribution in [0.2, 0.25) is 0 Å². The highest BCUT2D eigenvalue weighted by Gasteiger charge is 2.39. The molecule has 0 aliphatic rings. The van der Waals surface area contributed by atoms with Crippen molar-refractivity contribution in [2.24, 2.45) is 5.92 Å². The molecule has 1 heterocycles. The first-order chi connectivity index (χ1) is 15.6. The summed E-state index contributed by atoms with van der Waals surface area (Å²) in [5.41, 5.74) is 1.36. The van der Waals surface area contributed by atoms with E-state index in [2.05, 4.69) is 26.1 Å². The Morgan fingerprint density at radius 1 is 0.970 bits per heavy atom. The molecular weight excluding hydrogens is 426 g/mol. The molecule has 0 saturated heterocycles. The normalized spacial score (nSPS) is 12.6. The van der Waals surface area contributed by atoms with Crippen molar-refractivity contribution >= 4 is 29.3 Å². The predicted molar refractivity (Wildman–Crippen MR) is 122 cm³/mol. The van der Waals surface area contributed by atoms with Gasteiger partial charge in [-0.25, -0.2) is 9.59 Å². The summed E-state index contributed by atoms with van der Waals surface area (Å²) >= 11 is 0. The molecule has 3 amide bonds. The van der Waals surface area contributed by atoms with Crippen LogP contribution in [0.15, 0.2) is 53.1 Å². The Morgan fingerprint density at radius 3 is 2.03 bits per heavy atom. The molecular formula is C23H25N5O5. The van der Waals surface area contributed by atoms with E-state index in [1.165, 1.54) is 6.92 Å². The van der Waals surface area contributed by atoms with E-state index in [-0.39, 0.29) is 17.6 Å². The number of hydrogen-bond donors (Lipinski definition) is 4. The van der Waals surface area contributed by atoms with Crippen LogP contribution < -0.4 is 16.0 Å². The van der Waals surface area contributed by atoms with E-state index in [0.717, 1.165) is 5.56 Å². The number of urea groups is 1. The fourth-order valence-electron chi connectivity index (χ4n) is 2.80.